The van der Waals surface area contributed by atoms with Crippen molar-refractivity contribution in [3.8, 4) is 0 Å². The summed E-state index contributed by atoms with van der Waals surface area (Å²) in [5.41, 5.74) is 2.21. The van der Waals surface area contributed by atoms with Crippen LogP contribution in [0.5, 0.6) is 0 Å². The van der Waals surface area contributed by atoms with Crippen LogP contribution in [0.15, 0.2) is 35.3 Å². The Bertz CT molecular complexity index is 1030. The molecule has 7 nitrogen and oxygen atoms in total. The average molecular weight is 338 g/mol. The zero-order chi connectivity index (χ0) is 17.6. The van der Waals surface area contributed by atoms with E-state index in [2.05, 4.69) is 15.4 Å². The Balaban J connectivity index is 1.75. The van der Waals surface area contributed by atoms with Gasteiger partial charge >= 0.3 is 5.97 Å². The van der Waals surface area contributed by atoms with E-state index in [0.29, 0.717) is 28.4 Å². The number of H-pyrrole nitrogens is 1. The lowest BCUT2D eigenvalue weighted by atomic mass is 10.1. The summed E-state index contributed by atoms with van der Waals surface area (Å²) in [6.07, 6.45) is 4.03. The first-order valence-corrected chi connectivity index (χ1v) is 8.22. The summed E-state index contributed by atoms with van der Waals surface area (Å²) in [6, 6.07) is 6.83. The number of aryl methyl sites for hydroxylation is 1. The van der Waals surface area contributed by atoms with E-state index < -0.39 is 5.97 Å². The second kappa shape index (κ2) is 5.77. The second-order valence-corrected chi connectivity index (χ2v) is 6.50. The quantitative estimate of drug-likeness (QED) is 0.664. The molecule has 0 bridgehead atoms. The van der Waals surface area contributed by atoms with Crippen molar-refractivity contribution in [2.24, 2.45) is 5.92 Å². The fourth-order valence-electron chi connectivity index (χ4n) is 3.03. The van der Waals surface area contributed by atoms with Gasteiger partial charge in [0.15, 0.2) is 5.82 Å². The van der Waals surface area contributed by atoms with Crippen LogP contribution in [0, 0.1) is 12.8 Å². The van der Waals surface area contributed by atoms with Gasteiger partial charge in [-0.15, -0.1) is 0 Å². The first-order valence-electron chi connectivity index (χ1n) is 8.22. The number of rotatable bonds is 5. The van der Waals surface area contributed by atoms with Gasteiger partial charge in [-0.2, -0.15) is 5.10 Å². The van der Waals surface area contributed by atoms with Crippen LogP contribution >= 0.6 is 0 Å². The molecule has 0 aliphatic heterocycles. The van der Waals surface area contributed by atoms with E-state index >= 15 is 0 Å². The van der Waals surface area contributed by atoms with Gasteiger partial charge in [0.05, 0.1) is 11.1 Å². The lowest BCUT2D eigenvalue weighted by Crippen LogP contribution is -2.06. The molecule has 4 rings (SSSR count). The van der Waals surface area contributed by atoms with Crippen molar-refractivity contribution in [2.75, 3.05) is 5.32 Å². The number of hydrogen-bond acceptors (Lipinski definition) is 4. The van der Waals surface area contributed by atoms with Gasteiger partial charge in [-0.3, -0.25) is 9.48 Å². The molecule has 0 spiro atoms. The highest BCUT2D eigenvalue weighted by Crippen LogP contribution is 2.32. The van der Waals surface area contributed by atoms with E-state index in [9.17, 15) is 9.59 Å². The maximum absolute atomic E-state index is 12.3. The third-order valence-corrected chi connectivity index (χ3v) is 4.52. The van der Waals surface area contributed by atoms with E-state index in [4.69, 9.17) is 5.11 Å². The fraction of sp³-hybridized carbons (Fsp3) is 0.278. The summed E-state index contributed by atoms with van der Waals surface area (Å²) in [4.78, 5) is 26.1. The third kappa shape index (κ3) is 2.88. The fourth-order valence-corrected chi connectivity index (χ4v) is 3.03. The molecule has 0 unspecified atom stereocenters. The van der Waals surface area contributed by atoms with Crippen molar-refractivity contribution in [1.29, 1.82) is 0 Å². The average Bonchev–Trinajstić information content (AvgIpc) is 3.30. The number of pyridine rings is 1. The SMILES string of the molecule is Cc1cc(Nc2nn(CC3CC3)c3cc[nH]c(=O)c23)ccc1C(=O)O. The summed E-state index contributed by atoms with van der Waals surface area (Å²) in [5, 5.41) is 17.4. The van der Waals surface area contributed by atoms with Gasteiger partial charge in [0, 0.05) is 18.4 Å². The smallest absolute Gasteiger partial charge is 0.335 e. The Morgan fingerprint density at radius 3 is 2.88 bits per heavy atom. The number of hydrogen-bond donors (Lipinski definition) is 3. The summed E-state index contributed by atoms with van der Waals surface area (Å²) < 4.78 is 1.88. The minimum absolute atomic E-state index is 0.194. The Labute approximate surface area is 143 Å². The largest absolute Gasteiger partial charge is 0.478 e. The van der Waals surface area contributed by atoms with Crippen molar-refractivity contribution >= 4 is 28.4 Å². The summed E-state index contributed by atoms with van der Waals surface area (Å²) in [7, 11) is 0. The van der Waals surface area contributed by atoms with Gasteiger partial charge in [0.25, 0.3) is 5.56 Å². The monoisotopic (exact) mass is 338 g/mol. The second-order valence-electron chi connectivity index (χ2n) is 6.50. The number of carbonyl (C=O) groups is 1. The van der Waals surface area contributed by atoms with Crippen LogP contribution in [0.25, 0.3) is 10.9 Å². The van der Waals surface area contributed by atoms with Gasteiger partial charge in [-0.1, -0.05) is 0 Å². The highest BCUT2D eigenvalue weighted by Gasteiger charge is 2.24. The molecule has 128 valence electrons. The van der Waals surface area contributed by atoms with Gasteiger partial charge < -0.3 is 15.4 Å². The highest BCUT2D eigenvalue weighted by molar-refractivity contribution is 5.92. The van der Waals surface area contributed by atoms with Crippen molar-refractivity contribution in [3.63, 3.8) is 0 Å². The number of anilines is 2. The van der Waals surface area contributed by atoms with Crippen LogP contribution in [0.4, 0.5) is 11.5 Å². The van der Waals surface area contributed by atoms with Crippen LogP contribution in [0.3, 0.4) is 0 Å². The predicted molar refractivity (Wildman–Crippen MR) is 94.5 cm³/mol. The molecule has 1 saturated carbocycles. The number of nitrogens with zero attached hydrogens (tertiary/aromatic N) is 2. The van der Waals surface area contributed by atoms with Gasteiger partial charge in [0.1, 0.15) is 5.39 Å². The molecule has 7 heteroatoms. The molecule has 1 fully saturated rings. The number of aromatic nitrogens is 3. The first kappa shape index (κ1) is 15.4. The Morgan fingerprint density at radius 1 is 1.40 bits per heavy atom. The molecule has 0 amide bonds. The maximum Gasteiger partial charge on any atom is 0.335 e. The lowest BCUT2D eigenvalue weighted by Gasteiger charge is -2.07. The number of carboxylic acid groups (broad SMARTS) is 1. The van der Waals surface area contributed by atoms with Crippen LogP contribution < -0.4 is 10.9 Å². The van der Waals surface area contributed by atoms with Crippen LogP contribution in [-0.2, 0) is 6.54 Å². The molecule has 0 radical (unpaired) electrons. The summed E-state index contributed by atoms with van der Waals surface area (Å²) >= 11 is 0. The number of carboxylic acids is 1. The molecule has 1 aliphatic carbocycles. The molecule has 3 N–H and O–H groups in total. The predicted octanol–water partition coefficient (Wildman–Crippen LogP) is 2.88. The Morgan fingerprint density at radius 2 is 2.20 bits per heavy atom. The molecule has 25 heavy (non-hydrogen) atoms. The molecule has 1 aliphatic rings. The molecule has 0 atom stereocenters. The van der Waals surface area contributed by atoms with Crippen molar-refractivity contribution < 1.29 is 9.90 Å². The minimum atomic E-state index is -0.959. The molecule has 3 aromatic rings. The standard InChI is InChI=1S/C18H18N4O3/c1-10-8-12(4-5-13(10)18(24)25)20-16-15-14(6-7-19-17(15)23)22(21-16)9-11-2-3-11/h4-8,11H,2-3,9H2,1H3,(H,19,23)(H,20,21)(H,24,25). The van der Waals surface area contributed by atoms with E-state index in [1.54, 1.807) is 31.3 Å². The number of nitrogens with one attached hydrogen (secondary N) is 2. The maximum atomic E-state index is 12.3. The number of benzene rings is 1. The molecule has 0 saturated heterocycles. The molecular weight excluding hydrogens is 320 g/mol. The Kier molecular flexibility index (Phi) is 3.56. The van der Waals surface area contributed by atoms with Crippen molar-refractivity contribution in [3.05, 3.63) is 51.9 Å². The third-order valence-electron chi connectivity index (χ3n) is 4.52. The van der Waals surface area contributed by atoms with Gasteiger partial charge in [0.2, 0.25) is 0 Å². The Hall–Kier alpha value is -3.09. The molecule has 1 aromatic carbocycles. The van der Waals surface area contributed by atoms with Crippen LogP contribution in [0.2, 0.25) is 0 Å². The first-order chi connectivity index (χ1) is 12.0. The van der Waals surface area contributed by atoms with E-state index in [1.807, 2.05) is 10.7 Å². The zero-order valence-electron chi connectivity index (χ0n) is 13.7. The number of aromatic amines is 1. The van der Waals surface area contributed by atoms with Crippen LogP contribution in [0.1, 0.15) is 28.8 Å². The summed E-state index contributed by atoms with van der Waals surface area (Å²) in [6.45, 7) is 2.55. The highest BCUT2D eigenvalue weighted by atomic mass is 16.4. The topological polar surface area (TPSA) is 100 Å². The zero-order valence-corrected chi connectivity index (χ0v) is 13.7. The van der Waals surface area contributed by atoms with E-state index in [-0.39, 0.29) is 11.1 Å². The van der Waals surface area contributed by atoms with Gasteiger partial charge in [-0.25, -0.2) is 4.79 Å². The molecule has 2 heterocycles. The lowest BCUT2D eigenvalue weighted by molar-refractivity contribution is 0.0696. The number of fused-ring (bicyclic) bond motifs is 1. The number of aromatic carboxylic acids is 1. The van der Waals surface area contributed by atoms with Crippen LogP contribution in [-0.4, -0.2) is 25.8 Å². The van der Waals surface area contributed by atoms with Crippen molar-refractivity contribution in [2.45, 2.75) is 26.3 Å². The molecular formula is C18H18N4O3. The van der Waals surface area contributed by atoms with E-state index in [0.717, 1.165) is 12.1 Å². The normalized spacial score (nSPS) is 14.0. The van der Waals surface area contributed by atoms with Crippen molar-refractivity contribution in [1.82, 2.24) is 14.8 Å². The summed E-state index contributed by atoms with van der Waals surface area (Å²) in [5.74, 6) is 0.159. The minimum Gasteiger partial charge on any atom is -0.478 e. The van der Waals surface area contributed by atoms with E-state index in [1.165, 1.54) is 12.8 Å². The molecule has 2 aromatic heterocycles. The van der Waals surface area contributed by atoms with Gasteiger partial charge in [-0.05, 0) is 55.5 Å².